The zero-order valence-electron chi connectivity index (χ0n) is 11.9. The van der Waals surface area contributed by atoms with Gasteiger partial charge in [-0.3, -0.25) is 0 Å². The summed E-state index contributed by atoms with van der Waals surface area (Å²) in [7, 11) is 1.68. The summed E-state index contributed by atoms with van der Waals surface area (Å²) in [5.74, 6) is 0. The van der Waals surface area contributed by atoms with Crippen LogP contribution in [0.1, 0.15) is 23.6 Å². The predicted molar refractivity (Wildman–Crippen MR) is 75.0 cm³/mol. The van der Waals surface area contributed by atoms with E-state index < -0.39 is 5.60 Å². The molecule has 1 aromatic carbocycles. The van der Waals surface area contributed by atoms with Gasteiger partial charge in [-0.2, -0.15) is 0 Å². The van der Waals surface area contributed by atoms with Crippen LogP contribution < -0.4 is 5.32 Å². The molecule has 2 N–H and O–H groups in total. The highest BCUT2D eigenvalue weighted by atomic mass is 16.5. The summed E-state index contributed by atoms with van der Waals surface area (Å²) in [6.07, 6.45) is 0.662. The first-order chi connectivity index (χ1) is 8.43. The van der Waals surface area contributed by atoms with Crippen molar-refractivity contribution < 1.29 is 9.84 Å². The second kappa shape index (κ2) is 6.88. The first-order valence-corrected chi connectivity index (χ1v) is 6.42. The van der Waals surface area contributed by atoms with E-state index in [4.69, 9.17) is 4.74 Å². The van der Waals surface area contributed by atoms with Crippen LogP contribution in [0.3, 0.4) is 0 Å². The van der Waals surface area contributed by atoms with E-state index in [-0.39, 0.29) is 0 Å². The van der Waals surface area contributed by atoms with Crippen molar-refractivity contribution in [3.63, 3.8) is 0 Å². The summed E-state index contributed by atoms with van der Waals surface area (Å²) < 4.78 is 4.96. The largest absolute Gasteiger partial charge is 0.389 e. The van der Waals surface area contributed by atoms with Gasteiger partial charge >= 0.3 is 0 Å². The van der Waals surface area contributed by atoms with E-state index in [1.807, 2.05) is 6.92 Å². The minimum Gasteiger partial charge on any atom is -0.389 e. The molecule has 0 amide bonds. The SMILES string of the molecule is COCCNCC(C)(O)Cc1cc(C)cc(C)c1. The number of rotatable bonds is 7. The maximum absolute atomic E-state index is 10.3. The van der Waals surface area contributed by atoms with Crippen LogP contribution in [0.4, 0.5) is 0 Å². The number of methoxy groups -OCH3 is 1. The Bertz CT molecular complexity index is 355. The number of hydrogen-bond donors (Lipinski definition) is 2. The fourth-order valence-electron chi connectivity index (χ4n) is 2.21. The number of aryl methyl sites for hydroxylation is 2. The van der Waals surface area contributed by atoms with Gasteiger partial charge in [-0.05, 0) is 26.3 Å². The fraction of sp³-hybridized carbons (Fsp3) is 0.600. The van der Waals surface area contributed by atoms with E-state index in [1.165, 1.54) is 16.7 Å². The van der Waals surface area contributed by atoms with Crippen LogP contribution in [-0.2, 0) is 11.2 Å². The van der Waals surface area contributed by atoms with Gasteiger partial charge in [0.1, 0.15) is 0 Å². The Morgan fingerprint density at radius 2 is 1.83 bits per heavy atom. The number of hydrogen-bond acceptors (Lipinski definition) is 3. The van der Waals surface area contributed by atoms with Gasteiger partial charge in [0.15, 0.2) is 0 Å². The summed E-state index contributed by atoms with van der Waals surface area (Å²) in [6, 6.07) is 6.42. The van der Waals surface area contributed by atoms with Crippen LogP contribution in [0.2, 0.25) is 0 Å². The molecule has 0 heterocycles. The topological polar surface area (TPSA) is 41.5 Å². The molecule has 3 nitrogen and oxygen atoms in total. The summed E-state index contributed by atoms with van der Waals surface area (Å²) in [5, 5.41) is 13.5. The first-order valence-electron chi connectivity index (χ1n) is 6.42. The number of aliphatic hydroxyl groups is 1. The van der Waals surface area contributed by atoms with Crippen LogP contribution >= 0.6 is 0 Å². The second-order valence-corrected chi connectivity index (χ2v) is 5.34. The Labute approximate surface area is 110 Å². The van der Waals surface area contributed by atoms with Crippen molar-refractivity contribution in [3.05, 3.63) is 34.9 Å². The maximum Gasteiger partial charge on any atom is 0.0783 e. The number of ether oxygens (including phenoxy) is 1. The molecule has 0 fully saturated rings. The van der Waals surface area contributed by atoms with Crippen molar-refractivity contribution in [1.82, 2.24) is 5.32 Å². The lowest BCUT2D eigenvalue weighted by Crippen LogP contribution is -2.40. The van der Waals surface area contributed by atoms with Gasteiger partial charge in [0, 0.05) is 26.6 Å². The molecule has 0 saturated carbocycles. The Morgan fingerprint density at radius 3 is 2.39 bits per heavy atom. The molecule has 102 valence electrons. The van der Waals surface area contributed by atoms with Crippen LogP contribution in [0.25, 0.3) is 0 Å². The average molecular weight is 251 g/mol. The molecular weight excluding hydrogens is 226 g/mol. The average Bonchev–Trinajstić information content (AvgIpc) is 2.22. The Morgan fingerprint density at radius 1 is 1.22 bits per heavy atom. The van der Waals surface area contributed by atoms with Crippen molar-refractivity contribution in [2.24, 2.45) is 0 Å². The highest BCUT2D eigenvalue weighted by Crippen LogP contribution is 2.15. The Kier molecular flexibility index (Phi) is 5.79. The van der Waals surface area contributed by atoms with Crippen LogP contribution in [0.5, 0.6) is 0 Å². The summed E-state index contributed by atoms with van der Waals surface area (Å²) in [6.45, 7) is 8.04. The van der Waals surface area contributed by atoms with Crippen molar-refractivity contribution in [2.45, 2.75) is 32.8 Å². The lowest BCUT2D eigenvalue weighted by Gasteiger charge is -2.24. The van der Waals surface area contributed by atoms with E-state index in [9.17, 15) is 5.11 Å². The third kappa shape index (κ3) is 5.63. The summed E-state index contributed by atoms with van der Waals surface area (Å²) in [5.41, 5.74) is 2.95. The minimum absolute atomic E-state index is 0.573. The molecule has 0 spiro atoms. The van der Waals surface area contributed by atoms with Crippen LogP contribution in [-0.4, -0.2) is 37.5 Å². The smallest absolute Gasteiger partial charge is 0.0783 e. The fourth-order valence-corrected chi connectivity index (χ4v) is 2.21. The van der Waals surface area contributed by atoms with Gasteiger partial charge in [-0.25, -0.2) is 0 Å². The monoisotopic (exact) mass is 251 g/mol. The standard InChI is InChI=1S/C15H25NO2/c1-12-7-13(2)9-14(8-12)10-15(3,17)11-16-5-6-18-4/h7-9,16-17H,5-6,10-11H2,1-4H3. The van der Waals surface area contributed by atoms with Gasteiger partial charge < -0.3 is 15.2 Å². The summed E-state index contributed by atoms with van der Waals surface area (Å²) in [4.78, 5) is 0. The van der Waals surface area contributed by atoms with Crippen LogP contribution in [0.15, 0.2) is 18.2 Å². The van der Waals surface area contributed by atoms with Gasteiger partial charge in [0.05, 0.1) is 12.2 Å². The zero-order chi connectivity index (χ0) is 13.6. The number of benzene rings is 1. The summed E-state index contributed by atoms with van der Waals surface area (Å²) >= 11 is 0. The molecule has 1 aromatic rings. The molecule has 0 bridgehead atoms. The zero-order valence-corrected chi connectivity index (χ0v) is 11.9. The molecule has 18 heavy (non-hydrogen) atoms. The third-order valence-electron chi connectivity index (χ3n) is 2.86. The van der Waals surface area contributed by atoms with Crippen molar-refractivity contribution in [3.8, 4) is 0 Å². The highest BCUT2D eigenvalue weighted by Gasteiger charge is 2.20. The van der Waals surface area contributed by atoms with E-state index in [0.29, 0.717) is 19.6 Å². The van der Waals surface area contributed by atoms with E-state index >= 15 is 0 Å². The third-order valence-corrected chi connectivity index (χ3v) is 2.86. The van der Waals surface area contributed by atoms with E-state index in [0.717, 1.165) is 6.54 Å². The maximum atomic E-state index is 10.3. The highest BCUT2D eigenvalue weighted by molar-refractivity contribution is 5.29. The van der Waals surface area contributed by atoms with Gasteiger partial charge in [-0.1, -0.05) is 29.3 Å². The van der Waals surface area contributed by atoms with Gasteiger partial charge in [0.2, 0.25) is 0 Å². The molecule has 0 saturated heterocycles. The van der Waals surface area contributed by atoms with Crippen molar-refractivity contribution >= 4 is 0 Å². The molecule has 0 aliphatic rings. The lowest BCUT2D eigenvalue weighted by atomic mass is 9.94. The molecule has 1 unspecified atom stereocenters. The van der Waals surface area contributed by atoms with Crippen molar-refractivity contribution in [1.29, 1.82) is 0 Å². The Hall–Kier alpha value is -0.900. The molecule has 0 radical (unpaired) electrons. The molecular formula is C15H25NO2. The molecule has 1 rings (SSSR count). The molecule has 0 aromatic heterocycles. The molecule has 0 aliphatic carbocycles. The van der Waals surface area contributed by atoms with Crippen LogP contribution in [0, 0.1) is 13.8 Å². The molecule has 3 heteroatoms. The first kappa shape index (κ1) is 15.2. The van der Waals surface area contributed by atoms with E-state index in [1.54, 1.807) is 7.11 Å². The molecule has 0 aliphatic heterocycles. The second-order valence-electron chi connectivity index (χ2n) is 5.34. The minimum atomic E-state index is -0.728. The predicted octanol–water partition coefficient (Wildman–Crippen LogP) is 1.83. The lowest BCUT2D eigenvalue weighted by molar-refractivity contribution is 0.0581. The van der Waals surface area contributed by atoms with Crippen molar-refractivity contribution in [2.75, 3.05) is 26.8 Å². The van der Waals surface area contributed by atoms with E-state index in [2.05, 4.69) is 37.4 Å². The van der Waals surface area contributed by atoms with Gasteiger partial charge in [-0.15, -0.1) is 0 Å². The molecule has 1 atom stereocenters. The quantitative estimate of drug-likeness (QED) is 0.727. The van der Waals surface area contributed by atoms with Gasteiger partial charge in [0.25, 0.3) is 0 Å². The number of nitrogens with one attached hydrogen (secondary N) is 1. The normalized spacial score (nSPS) is 14.5. The Balaban J connectivity index is 2.53.